The molecule has 0 N–H and O–H groups in total. The van der Waals surface area contributed by atoms with Gasteiger partial charge in [0.1, 0.15) is 0 Å². The van der Waals surface area contributed by atoms with Gasteiger partial charge in [0.05, 0.1) is 0 Å². The average molecular weight is 529 g/mol. The van der Waals surface area contributed by atoms with Gasteiger partial charge in [0.15, 0.2) is 0 Å². The molecule has 4 aromatic carbocycles. The van der Waals surface area contributed by atoms with E-state index in [0.29, 0.717) is 11.1 Å². The van der Waals surface area contributed by atoms with Crippen LogP contribution in [0.1, 0.15) is 33.1 Å². The molecule has 0 aliphatic rings. The molecule has 0 aromatic heterocycles. The van der Waals surface area contributed by atoms with Gasteiger partial charge in [0.2, 0.25) is 0 Å². The maximum absolute atomic E-state index is 3.33. The van der Waals surface area contributed by atoms with E-state index < -0.39 is 7.92 Å². The fraction of sp³-hybridized carbons (Fsp3) is 0.273. The van der Waals surface area contributed by atoms with Crippen molar-refractivity contribution in [3.8, 4) is 0 Å². The van der Waals surface area contributed by atoms with Crippen molar-refractivity contribution in [1.82, 2.24) is 0 Å². The standard InChI is InChI=1S/C33H39P3/c1-3-33(4-2,25-26-35(28-17-9-5-10-18-28)29-19-11-6-12-20-29)32(34)27-36(30-21-13-7-14-22-30)31-23-15-8-16-24-31/h5-24,32H,3-4,25-27,34H2,1-2H3. The molecule has 0 bridgehead atoms. The van der Waals surface area contributed by atoms with Crippen molar-refractivity contribution in [1.29, 1.82) is 0 Å². The molecule has 4 aromatic rings. The van der Waals surface area contributed by atoms with Crippen LogP contribution in [-0.2, 0) is 0 Å². The Morgan fingerprint density at radius 3 is 1.22 bits per heavy atom. The van der Waals surface area contributed by atoms with Crippen LogP contribution in [0, 0.1) is 5.41 Å². The van der Waals surface area contributed by atoms with E-state index in [4.69, 9.17) is 0 Å². The van der Waals surface area contributed by atoms with Gasteiger partial charge in [0.25, 0.3) is 0 Å². The molecule has 2 unspecified atom stereocenters. The van der Waals surface area contributed by atoms with Gasteiger partial charge in [-0.3, -0.25) is 0 Å². The molecule has 0 spiro atoms. The highest BCUT2D eigenvalue weighted by molar-refractivity contribution is 7.73. The van der Waals surface area contributed by atoms with E-state index in [1.165, 1.54) is 52.8 Å². The van der Waals surface area contributed by atoms with Crippen molar-refractivity contribution < 1.29 is 0 Å². The highest BCUT2D eigenvalue weighted by atomic mass is 31.1. The van der Waals surface area contributed by atoms with Crippen LogP contribution < -0.4 is 21.2 Å². The molecule has 4 rings (SSSR count). The number of hydrogen-bond donors (Lipinski definition) is 0. The van der Waals surface area contributed by atoms with Gasteiger partial charge in [-0.25, -0.2) is 0 Å². The van der Waals surface area contributed by atoms with E-state index >= 15 is 0 Å². The number of hydrogen-bond acceptors (Lipinski definition) is 0. The lowest BCUT2D eigenvalue weighted by atomic mass is 9.77. The molecule has 36 heavy (non-hydrogen) atoms. The molecule has 0 radical (unpaired) electrons. The third-order valence-electron chi connectivity index (χ3n) is 7.68. The van der Waals surface area contributed by atoms with Crippen molar-refractivity contribution in [2.75, 3.05) is 12.3 Å². The molecule has 2 atom stereocenters. The van der Waals surface area contributed by atoms with Crippen molar-refractivity contribution in [3.63, 3.8) is 0 Å². The molecular formula is C33H39P3. The van der Waals surface area contributed by atoms with Crippen LogP contribution in [0.2, 0.25) is 0 Å². The lowest BCUT2D eigenvalue weighted by Gasteiger charge is -2.41. The summed E-state index contributed by atoms with van der Waals surface area (Å²) in [6, 6.07) is 44.8. The molecule has 0 heterocycles. The zero-order chi connectivity index (χ0) is 25.2. The lowest BCUT2D eigenvalue weighted by molar-refractivity contribution is 0.253. The van der Waals surface area contributed by atoms with E-state index in [9.17, 15) is 0 Å². The molecule has 0 nitrogen and oxygen atoms in total. The Labute approximate surface area is 223 Å². The van der Waals surface area contributed by atoms with E-state index in [2.05, 4.69) is 144 Å². The summed E-state index contributed by atoms with van der Waals surface area (Å²) in [6.45, 7) is 4.84. The predicted octanol–water partition coefficient (Wildman–Crippen LogP) is 7.69. The molecule has 0 saturated carbocycles. The second-order valence-corrected chi connectivity index (χ2v) is 14.9. The summed E-state index contributed by atoms with van der Waals surface area (Å²) in [5.41, 5.74) is 0.890. The summed E-state index contributed by atoms with van der Waals surface area (Å²) in [4.78, 5) is 0. The van der Waals surface area contributed by atoms with E-state index in [1.807, 2.05) is 0 Å². The van der Waals surface area contributed by atoms with Crippen LogP contribution >= 0.6 is 25.1 Å². The van der Waals surface area contributed by atoms with Gasteiger partial charge < -0.3 is 0 Å². The fourth-order valence-electron chi connectivity index (χ4n) is 5.24. The normalized spacial score (nSPS) is 12.7. The van der Waals surface area contributed by atoms with Gasteiger partial charge in [-0.2, -0.15) is 0 Å². The first-order valence-electron chi connectivity index (χ1n) is 13.2. The minimum absolute atomic E-state index is 0.318. The molecule has 186 valence electrons. The van der Waals surface area contributed by atoms with Crippen LogP contribution in [-0.4, -0.2) is 18.0 Å². The molecule has 3 heteroatoms. The Hall–Kier alpha value is -1.83. The fourth-order valence-corrected chi connectivity index (χ4v) is 11.6. The number of rotatable bonds is 12. The first-order valence-corrected chi connectivity index (χ1v) is 16.9. The average Bonchev–Trinajstić information content (AvgIpc) is 2.96. The van der Waals surface area contributed by atoms with Gasteiger partial charge in [0, 0.05) is 0 Å². The van der Waals surface area contributed by atoms with Crippen molar-refractivity contribution in [2.24, 2.45) is 5.41 Å². The van der Waals surface area contributed by atoms with Crippen molar-refractivity contribution >= 4 is 46.3 Å². The van der Waals surface area contributed by atoms with Crippen LogP contribution in [0.3, 0.4) is 0 Å². The zero-order valence-corrected chi connectivity index (χ0v) is 24.6. The highest BCUT2D eigenvalue weighted by Crippen LogP contribution is 2.48. The third kappa shape index (κ3) is 6.73. The molecule has 0 aliphatic heterocycles. The van der Waals surface area contributed by atoms with Gasteiger partial charge in [-0.15, -0.1) is 9.24 Å². The molecule has 0 amide bonds. The highest BCUT2D eigenvalue weighted by Gasteiger charge is 2.35. The van der Waals surface area contributed by atoms with Gasteiger partial charge in [-0.05, 0) is 79.7 Å². The Balaban J connectivity index is 1.59. The second kappa shape index (κ2) is 13.6. The molecule has 0 fully saturated rings. The Morgan fingerprint density at radius 2 is 0.889 bits per heavy atom. The molecule has 0 saturated heterocycles. The third-order valence-corrected chi connectivity index (χ3v) is 14.1. The molecular weight excluding hydrogens is 489 g/mol. The molecule has 0 aliphatic carbocycles. The summed E-state index contributed by atoms with van der Waals surface area (Å²) in [5, 5.41) is 5.97. The maximum Gasteiger partial charge on any atom is -0.0162 e. The smallest absolute Gasteiger partial charge is 0.0162 e. The largest absolute Gasteiger partial charge is 0.133 e. The SMILES string of the molecule is CCC(CC)(CCP(c1ccccc1)c1ccccc1)C(P)CP(c1ccccc1)c1ccccc1. The summed E-state index contributed by atoms with van der Waals surface area (Å²) in [5.74, 6) is 0. The topological polar surface area (TPSA) is 0 Å². The number of benzene rings is 4. The first kappa shape index (κ1) is 27.2. The monoisotopic (exact) mass is 528 g/mol. The second-order valence-electron chi connectivity index (χ2n) is 9.53. The lowest BCUT2D eigenvalue weighted by Crippen LogP contribution is -2.35. The van der Waals surface area contributed by atoms with Crippen LogP contribution in [0.25, 0.3) is 0 Å². The summed E-state index contributed by atoms with van der Waals surface area (Å²) >= 11 is 0. The Morgan fingerprint density at radius 1 is 0.556 bits per heavy atom. The predicted molar refractivity (Wildman–Crippen MR) is 169 cm³/mol. The van der Waals surface area contributed by atoms with Crippen LogP contribution in [0.4, 0.5) is 0 Å². The minimum Gasteiger partial charge on any atom is -0.133 e. The van der Waals surface area contributed by atoms with Gasteiger partial charge >= 0.3 is 0 Å². The Bertz CT molecular complexity index is 1060. The van der Waals surface area contributed by atoms with Crippen molar-refractivity contribution in [3.05, 3.63) is 121 Å². The maximum atomic E-state index is 3.33. The summed E-state index contributed by atoms with van der Waals surface area (Å²) in [6.07, 6.45) is 6.15. The summed E-state index contributed by atoms with van der Waals surface area (Å²) < 4.78 is 0. The van der Waals surface area contributed by atoms with Crippen LogP contribution in [0.5, 0.6) is 0 Å². The van der Waals surface area contributed by atoms with Gasteiger partial charge in [-0.1, -0.05) is 135 Å². The van der Waals surface area contributed by atoms with Crippen molar-refractivity contribution in [2.45, 2.75) is 38.8 Å². The summed E-state index contributed by atoms with van der Waals surface area (Å²) in [7, 11) is 2.57. The minimum atomic E-state index is -0.395. The van der Waals surface area contributed by atoms with E-state index in [-0.39, 0.29) is 7.92 Å². The van der Waals surface area contributed by atoms with Crippen LogP contribution in [0.15, 0.2) is 121 Å². The Kier molecular flexibility index (Phi) is 10.3. The zero-order valence-electron chi connectivity index (χ0n) is 21.6. The quantitative estimate of drug-likeness (QED) is 0.165. The van der Waals surface area contributed by atoms with E-state index in [1.54, 1.807) is 0 Å². The van der Waals surface area contributed by atoms with E-state index in [0.717, 1.165) is 0 Å². The first-order chi connectivity index (χ1) is 17.7.